The van der Waals surface area contributed by atoms with Gasteiger partial charge >= 0.3 is 12.0 Å². The average Bonchev–Trinajstić information content (AvgIpc) is 2.37. The molecule has 0 aliphatic carbocycles. The third-order valence-electron chi connectivity index (χ3n) is 3.36. The second-order valence-electron chi connectivity index (χ2n) is 5.42. The van der Waals surface area contributed by atoms with E-state index >= 15 is 0 Å². The van der Waals surface area contributed by atoms with E-state index in [0.717, 1.165) is 12.8 Å². The maximum Gasteiger partial charge on any atom is 0.326 e. The van der Waals surface area contributed by atoms with Gasteiger partial charge in [-0.2, -0.15) is 0 Å². The first kappa shape index (κ1) is 15.8. The molecule has 0 bridgehead atoms. The van der Waals surface area contributed by atoms with Crippen LogP contribution in [0.15, 0.2) is 0 Å². The number of hydrogen-bond acceptors (Lipinski definition) is 3. The van der Waals surface area contributed by atoms with Crippen LogP contribution in [0.2, 0.25) is 0 Å². The molecule has 0 radical (unpaired) electrons. The van der Waals surface area contributed by atoms with Crippen LogP contribution in [0, 0.1) is 5.92 Å². The summed E-state index contributed by atoms with van der Waals surface area (Å²) >= 11 is 0. The first-order chi connectivity index (χ1) is 8.91. The third-order valence-corrected chi connectivity index (χ3v) is 3.36. The van der Waals surface area contributed by atoms with Gasteiger partial charge in [0, 0.05) is 26.3 Å². The zero-order valence-corrected chi connectivity index (χ0v) is 11.9. The molecule has 6 nitrogen and oxygen atoms in total. The average molecular weight is 272 g/mol. The van der Waals surface area contributed by atoms with Gasteiger partial charge in [0.2, 0.25) is 0 Å². The summed E-state index contributed by atoms with van der Waals surface area (Å²) in [4.78, 5) is 24.8. The van der Waals surface area contributed by atoms with Crippen molar-refractivity contribution in [3.05, 3.63) is 0 Å². The lowest BCUT2D eigenvalue weighted by atomic mass is 10.0. The first-order valence-electron chi connectivity index (χ1n) is 6.75. The van der Waals surface area contributed by atoms with Crippen molar-refractivity contribution in [2.45, 2.75) is 45.2 Å². The molecule has 0 spiro atoms. The molecular weight excluding hydrogens is 248 g/mol. The van der Waals surface area contributed by atoms with Crippen LogP contribution >= 0.6 is 0 Å². The number of ether oxygens (including phenoxy) is 1. The Bertz CT molecular complexity index is 314. The first-order valence-corrected chi connectivity index (χ1v) is 6.75. The number of rotatable bonds is 5. The zero-order chi connectivity index (χ0) is 14.4. The minimum absolute atomic E-state index is 0.127. The summed E-state index contributed by atoms with van der Waals surface area (Å²) in [6.07, 6.45) is 2.03. The van der Waals surface area contributed by atoms with Gasteiger partial charge in [-0.05, 0) is 25.2 Å². The number of urea groups is 1. The van der Waals surface area contributed by atoms with Gasteiger partial charge in [-0.3, -0.25) is 0 Å². The Hall–Kier alpha value is -1.30. The summed E-state index contributed by atoms with van der Waals surface area (Å²) < 4.78 is 5.25. The van der Waals surface area contributed by atoms with Crippen LogP contribution in [0.3, 0.4) is 0 Å². The number of hydrogen-bond donors (Lipinski definition) is 2. The fourth-order valence-electron chi connectivity index (χ4n) is 2.18. The standard InChI is InChI=1S/C13H24N2O4/c1-9(2)8-11(12(16)17)14-13(18)15(3)10-4-6-19-7-5-10/h9-11H,4-8H2,1-3H3,(H,14,18)(H,16,17)/t11-/m0/s1. The van der Waals surface area contributed by atoms with Crippen molar-refractivity contribution >= 4 is 12.0 Å². The van der Waals surface area contributed by atoms with E-state index in [1.807, 2.05) is 13.8 Å². The van der Waals surface area contributed by atoms with E-state index in [1.54, 1.807) is 11.9 Å². The Morgan fingerprint density at radius 2 is 1.95 bits per heavy atom. The van der Waals surface area contributed by atoms with E-state index in [4.69, 9.17) is 9.84 Å². The molecule has 2 amide bonds. The highest BCUT2D eigenvalue weighted by Gasteiger charge is 2.26. The molecule has 0 aromatic carbocycles. The Balaban J connectivity index is 2.52. The third kappa shape index (κ3) is 5.06. The SMILES string of the molecule is CC(C)C[C@H](NC(=O)N(C)C1CCOCC1)C(=O)O. The van der Waals surface area contributed by atoms with Gasteiger partial charge in [0.05, 0.1) is 0 Å². The van der Waals surface area contributed by atoms with Gasteiger partial charge < -0.3 is 20.1 Å². The highest BCUT2D eigenvalue weighted by atomic mass is 16.5. The fourth-order valence-corrected chi connectivity index (χ4v) is 2.18. The fraction of sp³-hybridized carbons (Fsp3) is 0.846. The van der Waals surface area contributed by atoms with Gasteiger partial charge in [-0.25, -0.2) is 9.59 Å². The number of nitrogens with zero attached hydrogens (tertiary/aromatic N) is 1. The predicted molar refractivity (Wildman–Crippen MR) is 71.0 cm³/mol. The number of aliphatic carboxylic acids is 1. The molecule has 1 aliphatic heterocycles. The van der Waals surface area contributed by atoms with Crippen molar-refractivity contribution in [1.29, 1.82) is 0 Å². The summed E-state index contributed by atoms with van der Waals surface area (Å²) in [5, 5.41) is 11.7. The highest BCUT2D eigenvalue weighted by Crippen LogP contribution is 2.13. The van der Waals surface area contributed by atoms with Crippen LogP contribution in [-0.4, -0.2) is 54.4 Å². The van der Waals surface area contributed by atoms with Crippen LogP contribution in [0.5, 0.6) is 0 Å². The molecule has 19 heavy (non-hydrogen) atoms. The Kier molecular flexibility index (Phi) is 6.08. The molecule has 0 saturated carbocycles. The summed E-state index contributed by atoms with van der Waals surface area (Å²) in [7, 11) is 1.71. The van der Waals surface area contributed by atoms with E-state index in [2.05, 4.69) is 5.32 Å². The van der Waals surface area contributed by atoms with Gasteiger partial charge in [0.15, 0.2) is 0 Å². The number of carboxylic acids is 1. The molecular formula is C13H24N2O4. The quantitative estimate of drug-likeness (QED) is 0.791. The molecule has 1 heterocycles. The molecule has 2 N–H and O–H groups in total. The summed E-state index contributed by atoms with van der Waals surface area (Å²) in [6.45, 7) is 5.17. The maximum absolute atomic E-state index is 12.0. The van der Waals surface area contributed by atoms with Crippen LogP contribution < -0.4 is 5.32 Å². The number of carbonyl (C=O) groups excluding carboxylic acids is 1. The molecule has 0 unspecified atom stereocenters. The van der Waals surface area contributed by atoms with Gasteiger partial charge in [-0.15, -0.1) is 0 Å². The van der Waals surface area contributed by atoms with Crippen molar-refractivity contribution in [2.24, 2.45) is 5.92 Å². The number of carboxylic acid groups (broad SMARTS) is 1. The maximum atomic E-state index is 12.0. The molecule has 6 heteroatoms. The predicted octanol–water partition coefficient (Wildman–Crippen LogP) is 1.31. The van der Waals surface area contributed by atoms with Crippen LogP contribution in [0.25, 0.3) is 0 Å². The molecule has 0 aromatic heterocycles. The number of nitrogens with one attached hydrogen (secondary N) is 1. The van der Waals surface area contributed by atoms with Crippen molar-refractivity contribution in [2.75, 3.05) is 20.3 Å². The number of carbonyl (C=O) groups is 2. The Labute approximate surface area is 114 Å². The van der Waals surface area contributed by atoms with E-state index in [0.29, 0.717) is 19.6 Å². The van der Waals surface area contributed by atoms with E-state index in [-0.39, 0.29) is 18.0 Å². The highest BCUT2D eigenvalue weighted by molar-refractivity contribution is 5.82. The van der Waals surface area contributed by atoms with Crippen LogP contribution in [0.4, 0.5) is 4.79 Å². The van der Waals surface area contributed by atoms with Crippen molar-refractivity contribution in [1.82, 2.24) is 10.2 Å². The summed E-state index contributed by atoms with van der Waals surface area (Å²) in [6, 6.07) is -1.02. The smallest absolute Gasteiger partial charge is 0.326 e. The summed E-state index contributed by atoms with van der Waals surface area (Å²) in [5.74, 6) is -0.766. The minimum atomic E-state index is -0.984. The normalized spacial score (nSPS) is 18.1. The van der Waals surface area contributed by atoms with Crippen molar-refractivity contribution in [3.8, 4) is 0 Å². The zero-order valence-electron chi connectivity index (χ0n) is 11.9. The van der Waals surface area contributed by atoms with E-state index in [9.17, 15) is 9.59 Å². The van der Waals surface area contributed by atoms with Gasteiger partial charge in [-0.1, -0.05) is 13.8 Å². The second kappa shape index (κ2) is 7.33. The molecule has 1 saturated heterocycles. The molecule has 1 rings (SSSR count). The second-order valence-corrected chi connectivity index (χ2v) is 5.42. The largest absolute Gasteiger partial charge is 0.480 e. The topological polar surface area (TPSA) is 78.9 Å². The minimum Gasteiger partial charge on any atom is -0.480 e. The molecule has 0 aromatic rings. The molecule has 1 aliphatic rings. The van der Waals surface area contributed by atoms with Crippen LogP contribution in [0.1, 0.15) is 33.1 Å². The molecule has 1 fully saturated rings. The molecule has 110 valence electrons. The monoisotopic (exact) mass is 272 g/mol. The summed E-state index contributed by atoms with van der Waals surface area (Å²) in [5.41, 5.74) is 0. The molecule has 1 atom stereocenters. The Morgan fingerprint density at radius 1 is 1.37 bits per heavy atom. The van der Waals surface area contributed by atoms with Crippen molar-refractivity contribution in [3.63, 3.8) is 0 Å². The van der Waals surface area contributed by atoms with Crippen LogP contribution in [-0.2, 0) is 9.53 Å². The Morgan fingerprint density at radius 3 is 2.42 bits per heavy atom. The van der Waals surface area contributed by atoms with E-state index in [1.165, 1.54) is 0 Å². The lowest BCUT2D eigenvalue weighted by Crippen LogP contribution is -2.51. The number of amides is 2. The lowest BCUT2D eigenvalue weighted by Gasteiger charge is -2.32. The van der Waals surface area contributed by atoms with Gasteiger partial charge in [0.25, 0.3) is 0 Å². The van der Waals surface area contributed by atoms with E-state index < -0.39 is 12.0 Å². The van der Waals surface area contributed by atoms with Gasteiger partial charge in [0.1, 0.15) is 6.04 Å². The van der Waals surface area contributed by atoms with Crippen molar-refractivity contribution < 1.29 is 19.4 Å². The lowest BCUT2D eigenvalue weighted by molar-refractivity contribution is -0.139.